The molecule has 0 saturated heterocycles. The summed E-state index contributed by atoms with van der Waals surface area (Å²) in [5.74, 6) is 0.541. The third-order valence-corrected chi connectivity index (χ3v) is 3.19. The molecule has 0 amide bonds. The molecule has 17 heavy (non-hydrogen) atoms. The molecule has 2 N–H and O–H groups in total. The number of hydrogen-bond donors (Lipinski definition) is 2. The number of allylic oxidation sites excluding steroid dienone is 1. The molecule has 0 bridgehead atoms. The Morgan fingerprint density at radius 2 is 2.35 bits per heavy atom. The summed E-state index contributed by atoms with van der Waals surface area (Å²) in [4.78, 5) is 21.8. The Morgan fingerprint density at radius 3 is 3.12 bits per heavy atom. The molecule has 6 heteroatoms. The van der Waals surface area contributed by atoms with Crippen LogP contribution in [0, 0.1) is 0 Å². The Kier molecular flexibility index (Phi) is 2.15. The number of aromatic amines is 1. The predicted octanol–water partition coefficient (Wildman–Crippen LogP) is 1.79. The van der Waals surface area contributed by atoms with Crippen LogP contribution >= 0.6 is 11.3 Å². The lowest BCUT2D eigenvalue weighted by molar-refractivity contribution is 0.455. The molecule has 0 radical (unpaired) electrons. The minimum Gasteiger partial charge on any atom is -0.493 e. The van der Waals surface area contributed by atoms with E-state index in [0.29, 0.717) is 10.7 Å². The van der Waals surface area contributed by atoms with E-state index in [4.69, 9.17) is 0 Å². The first-order chi connectivity index (χ1) is 8.24. The number of nitrogens with zero attached hydrogens (tertiary/aromatic N) is 2. The highest BCUT2D eigenvalue weighted by atomic mass is 32.1. The summed E-state index contributed by atoms with van der Waals surface area (Å²) in [5, 5.41) is 9.49. The van der Waals surface area contributed by atoms with Gasteiger partial charge in [-0.2, -0.15) is 0 Å². The number of aromatic hydroxyl groups is 1. The van der Waals surface area contributed by atoms with Crippen molar-refractivity contribution < 1.29 is 5.11 Å². The van der Waals surface area contributed by atoms with Gasteiger partial charge in [0.05, 0.1) is 4.88 Å². The second kappa shape index (κ2) is 3.67. The lowest BCUT2D eigenvalue weighted by Gasteiger charge is -1.96. The van der Waals surface area contributed by atoms with Gasteiger partial charge in [0, 0.05) is 23.5 Å². The SMILES string of the molecule is O=c1[nH]c(O)c(/C=C2\C=Nc3ncccc32)s1. The Hall–Kier alpha value is -2.21. The highest BCUT2D eigenvalue weighted by molar-refractivity contribution is 7.10. The van der Waals surface area contributed by atoms with Gasteiger partial charge < -0.3 is 5.11 Å². The quantitative estimate of drug-likeness (QED) is 0.804. The van der Waals surface area contributed by atoms with E-state index < -0.39 is 0 Å². The van der Waals surface area contributed by atoms with Gasteiger partial charge in [-0.25, -0.2) is 9.98 Å². The van der Waals surface area contributed by atoms with Crippen LogP contribution in [0.25, 0.3) is 11.6 Å². The zero-order valence-corrected chi connectivity index (χ0v) is 9.36. The third-order valence-electron chi connectivity index (χ3n) is 2.37. The van der Waals surface area contributed by atoms with Gasteiger partial charge in [-0.05, 0) is 18.2 Å². The van der Waals surface area contributed by atoms with Crippen molar-refractivity contribution in [3.05, 3.63) is 38.4 Å². The summed E-state index contributed by atoms with van der Waals surface area (Å²) in [6.07, 6.45) is 5.06. The van der Waals surface area contributed by atoms with E-state index in [0.717, 1.165) is 22.5 Å². The topological polar surface area (TPSA) is 78.3 Å². The monoisotopic (exact) mass is 245 g/mol. The summed E-state index contributed by atoms with van der Waals surface area (Å²) in [5.41, 5.74) is 1.73. The first kappa shape index (κ1) is 9.98. The van der Waals surface area contributed by atoms with Gasteiger partial charge in [0.15, 0.2) is 5.82 Å². The van der Waals surface area contributed by atoms with E-state index in [2.05, 4.69) is 15.0 Å². The maximum atomic E-state index is 11.1. The van der Waals surface area contributed by atoms with Gasteiger partial charge in [0.25, 0.3) is 0 Å². The zero-order chi connectivity index (χ0) is 11.8. The van der Waals surface area contributed by atoms with Crippen molar-refractivity contribution in [1.29, 1.82) is 0 Å². The van der Waals surface area contributed by atoms with Gasteiger partial charge >= 0.3 is 4.87 Å². The van der Waals surface area contributed by atoms with E-state index in [9.17, 15) is 9.90 Å². The first-order valence-corrected chi connectivity index (χ1v) is 5.69. The van der Waals surface area contributed by atoms with Gasteiger partial charge in [0.2, 0.25) is 5.88 Å². The molecule has 3 rings (SSSR count). The zero-order valence-electron chi connectivity index (χ0n) is 8.54. The summed E-state index contributed by atoms with van der Waals surface area (Å²) >= 11 is 0.956. The number of rotatable bonds is 1. The average Bonchev–Trinajstić information content (AvgIpc) is 2.85. The smallest absolute Gasteiger partial charge is 0.307 e. The van der Waals surface area contributed by atoms with Crippen LogP contribution in [0.3, 0.4) is 0 Å². The Morgan fingerprint density at radius 1 is 1.47 bits per heavy atom. The summed E-state index contributed by atoms with van der Waals surface area (Å²) in [7, 11) is 0. The minimum absolute atomic E-state index is 0.113. The average molecular weight is 245 g/mol. The van der Waals surface area contributed by atoms with Crippen LogP contribution in [0.4, 0.5) is 5.82 Å². The summed E-state index contributed by atoms with van der Waals surface area (Å²) in [6.45, 7) is 0. The normalized spacial score (nSPS) is 15.4. The summed E-state index contributed by atoms with van der Waals surface area (Å²) < 4.78 is 0. The maximum Gasteiger partial charge on any atom is 0.307 e. The van der Waals surface area contributed by atoms with Crippen molar-refractivity contribution in [2.75, 3.05) is 0 Å². The molecule has 3 heterocycles. The van der Waals surface area contributed by atoms with Crippen LogP contribution in [0.2, 0.25) is 0 Å². The predicted molar refractivity (Wildman–Crippen MR) is 66.9 cm³/mol. The molecule has 0 saturated carbocycles. The van der Waals surface area contributed by atoms with Gasteiger partial charge in [0.1, 0.15) is 0 Å². The van der Waals surface area contributed by atoms with E-state index in [-0.39, 0.29) is 10.8 Å². The fourth-order valence-corrected chi connectivity index (χ4v) is 2.29. The van der Waals surface area contributed by atoms with Crippen molar-refractivity contribution in [3.8, 4) is 5.88 Å². The molecule has 1 aliphatic heterocycles. The highest BCUT2D eigenvalue weighted by Crippen LogP contribution is 2.31. The van der Waals surface area contributed by atoms with E-state index in [1.54, 1.807) is 18.5 Å². The molecule has 2 aromatic rings. The van der Waals surface area contributed by atoms with Crippen molar-refractivity contribution in [2.24, 2.45) is 4.99 Å². The van der Waals surface area contributed by atoms with Crippen LogP contribution in [0.1, 0.15) is 10.4 Å². The van der Waals surface area contributed by atoms with Crippen LogP contribution < -0.4 is 4.87 Å². The number of pyridine rings is 1. The molecular formula is C11H7N3O2S. The fourth-order valence-electron chi connectivity index (χ4n) is 1.61. The first-order valence-electron chi connectivity index (χ1n) is 4.87. The number of hydrogen-bond acceptors (Lipinski definition) is 5. The Labute approximate surface area is 99.8 Å². The molecule has 0 atom stereocenters. The molecule has 0 aliphatic carbocycles. The lowest BCUT2D eigenvalue weighted by atomic mass is 10.1. The molecule has 2 aromatic heterocycles. The van der Waals surface area contributed by atoms with Crippen LogP contribution in [-0.4, -0.2) is 21.3 Å². The molecule has 0 unspecified atom stereocenters. The van der Waals surface area contributed by atoms with Gasteiger partial charge in [-0.3, -0.25) is 9.78 Å². The number of aliphatic imine (C=N–C) groups is 1. The fraction of sp³-hybridized carbons (Fsp3) is 0. The number of fused-ring (bicyclic) bond motifs is 1. The lowest BCUT2D eigenvalue weighted by Crippen LogP contribution is -1.89. The molecular weight excluding hydrogens is 238 g/mol. The van der Waals surface area contributed by atoms with Crippen LogP contribution in [0.15, 0.2) is 28.1 Å². The van der Waals surface area contributed by atoms with Gasteiger partial charge in [-0.1, -0.05) is 11.3 Å². The molecule has 0 spiro atoms. The minimum atomic E-state index is -0.282. The standard InChI is InChI=1S/C11H7N3O2S/c15-10-8(17-11(16)14-10)4-6-5-13-9-7(6)2-1-3-12-9/h1-5,15H,(H,14,16)/b6-4+. The van der Waals surface area contributed by atoms with Crippen LogP contribution in [0.5, 0.6) is 5.88 Å². The Balaban J connectivity index is 2.11. The number of aromatic nitrogens is 2. The molecule has 1 aliphatic rings. The maximum absolute atomic E-state index is 11.1. The molecule has 84 valence electrons. The van der Waals surface area contributed by atoms with E-state index >= 15 is 0 Å². The Bertz CT molecular complexity index is 697. The van der Waals surface area contributed by atoms with Crippen molar-refractivity contribution in [2.45, 2.75) is 0 Å². The molecule has 5 nitrogen and oxygen atoms in total. The van der Waals surface area contributed by atoms with Crippen molar-refractivity contribution in [1.82, 2.24) is 9.97 Å². The second-order valence-electron chi connectivity index (χ2n) is 3.46. The van der Waals surface area contributed by atoms with Crippen LogP contribution in [-0.2, 0) is 0 Å². The van der Waals surface area contributed by atoms with E-state index in [1.807, 2.05) is 12.1 Å². The number of H-pyrrole nitrogens is 1. The number of thiazole rings is 1. The van der Waals surface area contributed by atoms with Gasteiger partial charge in [-0.15, -0.1) is 0 Å². The largest absolute Gasteiger partial charge is 0.493 e. The summed E-state index contributed by atoms with van der Waals surface area (Å²) in [6, 6.07) is 3.72. The van der Waals surface area contributed by atoms with Crippen molar-refractivity contribution >= 4 is 35.0 Å². The third kappa shape index (κ3) is 1.68. The van der Waals surface area contributed by atoms with E-state index in [1.165, 1.54) is 0 Å². The number of nitrogens with one attached hydrogen (secondary N) is 1. The molecule has 0 aromatic carbocycles. The van der Waals surface area contributed by atoms with Crippen molar-refractivity contribution in [3.63, 3.8) is 0 Å². The molecule has 0 fully saturated rings. The second-order valence-corrected chi connectivity index (χ2v) is 4.47. The highest BCUT2D eigenvalue weighted by Gasteiger charge is 2.14.